The van der Waals surface area contributed by atoms with Crippen LogP contribution in [0.2, 0.25) is 0 Å². The van der Waals surface area contributed by atoms with Crippen LogP contribution >= 0.6 is 0 Å². The van der Waals surface area contributed by atoms with E-state index in [0.717, 1.165) is 56.3 Å². The molecule has 2 aromatic carbocycles. The van der Waals surface area contributed by atoms with Crippen molar-refractivity contribution in [2.24, 2.45) is 0 Å². The first kappa shape index (κ1) is 17.2. The summed E-state index contributed by atoms with van der Waals surface area (Å²) in [6.45, 7) is 3.24. The van der Waals surface area contributed by atoms with Gasteiger partial charge in [-0.3, -0.25) is 0 Å². The molecule has 1 aromatic heterocycles. The third-order valence-corrected chi connectivity index (χ3v) is 5.87. The number of urea groups is 1. The van der Waals surface area contributed by atoms with Gasteiger partial charge in [-0.25, -0.2) is 4.79 Å². The van der Waals surface area contributed by atoms with E-state index in [1.165, 1.54) is 5.39 Å². The van der Waals surface area contributed by atoms with E-state index in [4.69, 9.17) is 4.52 Å². The van der Waals surface area contributed by atoms with E-state index >= 15 is 0 Å². The highest BCUT2D eigenvalue weighted by atomic mass is 16.5. The Labute approximate surface area is 164 Å². The number of carbonyl (C=O) groups is 1. The number of rotatable bonds is 2. The van der Waals surface area contributed by atoms with Crippen LogP contribution in [0.1, 0.15) is 37.5 Å². The molecule has 6 heteroatoms. The largest absolute Gasteiger partial charge is 0.339 e. The summed E-state index contributed by atoms with van der Waals surface area (Å²) in [4.78, 5) is 21.3. The minimum Gasteiger partial charge on any atom is -0.339 e. The number of fused-ring (bicyclic) bond motifs is 1. The molecule has 3 aromatic rings. The summed E-state index contributed by atoms with van der Waals surface area (Å²) in [7, 11) is 0. The molecule has 5 rings (SSSR count). The first-order chi connectivity index (χ1) is 13.8. The number of aromatic nitrogens is 2. The number of likely N-dealkylation sites (tertiary alicyclic amines) is 2. The maximum atomic E-state index is 12.7. The Hall–Kier alpha value is -2.89. The van der Waals surface area contributed by atoms with Gasteiger partial charge in [0.05, 0.1) is 5.92 Å². The Balaban J connectivity index is 1.34. The lowest BCUT2D eigenvalue weighted by Crippen LogP contribution is -2.46. The van der Waals surface area contributed by atoms with Crippen LogP contribution in [0, 0.1) is 0 Å². The van der Waals surface area contributed by atoms with Gasteiger partial charge in [-0.05, 0) is 42.5 Å². The van der Waals surface area contributed by atoms with Crippen molar-refractivity contribution in [1.82, 2.24) is 19.9 Å². The lowest BCUT2D eigenvalue weighted by atomic mass is 9.98. The first-order valence-corrected chi connectivity index (χ1v) is 10.1. The predicted octanol–water partition coefficient (Wildman–Crippen LogP) is 4.29. The van der Waals surface area contributed by atoms with Crippen molar-refractivity contribution >= 4 is 16.8 Å². The molecule has 1 unspecified atom stereocenters. The number of amides is 2. The van der Waals surface area contributed by atoms with Crippen LogP contribution in [0.4, 0.5) is 4.79 Å². The Morgan fingerprint density at radius 1 is 0.964 bits per heavy atom. The fourth-order valence-corrected chi connectivity index (χ4v) is 4.31. The highest BCUT2D eigenvalue weighted by molar-refractivity contribution is 5.86. The lowest BCUT2D eigenvalue weighted by Gasteiger charge is -2.33. The topological polar surface area (TPSA) is 62.5 Å². The van der Waals surface area contributed by atoms with E-state index in [-0.39, 0.29) is 11.9 Å². The van der Waals surface area contributed by atoms with Gasteiger partial charge in [0.1, 0.15) is 0 Å². The van der Waals surface area contributed by atoms with Crippen LogP contribution < -0.4 is 0 Å². The average Bonchev–Trinajstić information content (AvgIpc) is 3.45. The van der Waals surface area contributed by atoms with Crippen LogP contribution in [-0.2, 0) is 0 Å². The number of piperidine rings is 1. The summed E-state index contributed by atoms with van der Waals surface area (Å²) in [5.74, 6) is 1.37. The molecule has 2 fully saturated rings. The molecule has 2 saturated heterocycles. The number of hydrogen-bond donors (Lipinski definition) is 0. The molecule has 0 spiro atoms. The molecule has 2 aliphatic rings. The van der Waals surface area contributed by atoms with E-state index in [1.807, 2.05) is 28.0 Å². The van der Waals surface area contributed by atoms with Gasteiger partial charge in [-0.2, -0.15) is 4.98 Å². The Morgan fingerprint density at radius 3 is 2.61 bits per heavy atom. The van der Waals surface area contributed by atoms with Crippen LogP contribution in [0.5, 0.6) is 0 Å². The van der Waals surface area contributed by atoms with Crippen LogP contribution in [-0.4, -0.2) is 52.2 Å². The van der Waals surface area contributed by atoms with E-state index < -0.39 is 0 Å². The van der Waals surface area contributed by atoms with Crippen LogP contribution in [0.15, 0.2) is 47.0 Å². The van der Waals surface area contributed by atoms with Gasteiger partial charge >= 0.3 is 6.03 Å². The fourth-order valence-electron chi connectivity index (χ4n) is 4.31. The Morgan fingerprint density at radius 2 is 1.75 bits per heavy atom. The van der Waals surface area contributed by atoms with Crippen molar-refractivity contribution in [2.45, 2.75) is 31.6 Å². The molecule has 144 valence electrons. The molecular formula is C22H24N4O2. The van der Waals surface area contributed by atoms with Crippen molar-refractivity contribution in [1.29, 1.82) is 0 Å². The van der Waals surface area contributed by atoms with E-state index in [1.54, 1.807) is 0 Å². The Kier molecular flexibility index (Phi) is 4.47. The second-order valence-electron chi connectivity index (χ2n) is 7.78. The van der Waals surface area contributed by atoms with Crippen LogP contribution in [0.3, 0.4) is 0 Å². The summed E-state index contributed by atoms with van der Waals surface area (Å²) in [5, 5.41) is 6.57. The van der Waals surface area contributed by atoms with Gasteiger partial charge in [0.2, 0.25) is 11.7 Å². The van der Waals surface area contributed by atoms with Gasteiger partial charge in [-0.15, -0.1) is 0 Å². The highest BCUT2D eigenvalue weighted by Gasteiger charge is 2.31. The molecule has 2 aliphatic heterocycles. The minimum absolute atomic E-state index is 0.113. The summed E-state index contributed by atoms with van der Waals surface area (Å²) in [6.07, 6.45) is 4.17. The molecule has 0 radical (unpaired) electrons. The SMILES string of the molecule is O=C(N1CCCC1)N1CCCC(c2nc(-c3ccc4ccccc4c3)no2)C1. The van der Waals surface area contributed by atoms with Crippen molar-refractivity contribution in [3.8, 4) is 11.4 Å². The maximum absolute atomic E-state index is 12.7. The third-order valence-electron chi connectivity index (χ3n) is 5.87. The van der Waals surface area contributed by atoms with Crippen molar-refractivity contribution in [3.63, 3.8) is 0 Å². The molecule has 0 saturated carbocycles. The van der Waals surface area contributed by atoms with Crippen LogP contribution in [0.25, 0.3) is 22.2 Å². The average molecular weight is 376 g/mol. The van der Waals surface area contributed by atoms with Gasteiger partial charge in [0, 0.05) is 31.7 Å². The normalized spacial score (nSPS) is 20.1. The zero-order chi connectivity index (χ0) is 18.9. The second kappa shape index (κ2) is 7.26. The molecule has 28 heavy (non-hydrogen) atoms. The van der Waals surface area contributed by atoms with Gasteiger partial charge in [0.25, 0.3) is 0 Å². The van der Waals surface area contributed by atoms with Gasteiger partial charge < -0.3 is 14.3 Å². The molecule has 2 amide bonds. The first-order valence-electron chi connectivity index (χ1n) is 10.1. The summed E-state index contributed by atoms with van der Waals surface area (Å²) in [6, 6.07) is 14.6. The predicted molar refractivity (Wildman–Crippen MR) is 107 cm³/mol. The van der Waals surface area contributed by atoms with Crippen molar-refractivity contribution in [3.05, 3.63) is 48.4 Å². The molecular weight excluding hydrogens is 352 g/mol. The molecule has 3 heterocycles. The number of benzene rings is 2. The van der Waals surface area contributed by atoms with Crippen molar-refractivity contribution in [2.75, 3.05) is 26.2 Å². The van der Waals surface area contributed by atoms with E-state index in [0.29, 0.717) is 18.3 Å². The molecule has 1 atom stereocenters. The summed E-state index contributed by atoms with van der Waals surface area (Å²) >= 11 is 0. The molecule has 0 N–H and O–H groups in total. The second-order valence-corrected chi connectivity index (χ2v) is 7.78. The quantitative estimate of drug-likeness (QED) is 0.669. The Bertz CT molecular complexity index is 993. The van der Waals surface area contributed by atoms with E-state index in [2.05, 4.69) is 34.4 Å². The summed E-state index contributed by atoms with van der Waals surface area (Å²) < 4.78 is 5.61. The third kappa shape index (κ3) is 3.23. The number of nitrogens with zero attached hydrogens (tertiary/aromatic N) is 4. The standard InChI is InChI=1S/C22H24N4O2/c27-22(25-11-3-4-12-25)26-13-5-8-19(15-26)21-23-20(24-28-21)18-10-9-16-6-1-2-7-17(16)14-18/h1-2,6-7,9-10,14,19H,3-5,8,11-13,15H2. The fraction of sp³-hybridized carbons (Fsp3) is 0.409. The number of carbonyl (C=O) groups excluding carboxylic acids is 1. The van der Waals surface area contributed by atoms with Gasteiger partial charge in [-0.1, -0.05) is 41.6 Å². The zero-order valence-electron chi connectivity index (χ0n) is 15.9. The van der Waals surface area contributed by atoms with E-state index in [9.17, 15) is 4.79 Å². The summed E-state index contributed by atoms with van der Waals surface area (Å²) in [5.41, 5.74) is 0.953. The number of hydrogen-bond acceptors (Lipinski definition) is 4. The molecule has 6 nitrogen and oxygen atoms in total. The zero-order valence-corrected chi connectivity index (χ0v) is 15.9. The monoisotopic (exact) mass is 376 g/mol. The highest BCUT2D eigenvalue weighted by Crippen LogP contribution is 2.29. The van der Waals surface area contributed by atoms with Crippen molar-refractivity contribution < 1.29 is 9.32 Å². The van der Waals surface area contributed by atoms with Gasteiger partial charge in [0.15, 0.2) is 0 Å². The molecule has 0 aliphatic carbocycles. The maximum Gasteiger partial charge on any atom is 0.320 e. The molecule has 0 bridgehead atoms. The lowest BCUT2D eigenvalue weighted by molar-refractivity contribution is 0.142. The smallest absolute Gasteiger partial charge is 0.320 e. The minimum atomic E-state index is 0.113.